The van der Waals surface area contributed by atoms with Crippen LogP contribution in [0.2, 0.25) is 5.02 Å². The molecule has 4 rings (SSSR count). The molecule has 2 aliphatic rings. The zero-order valence-electron chi connectivity index (χ0n) is 18.3. The van der Waals surface area contributed by atoms with Gasteiger partial charge in [-0.1, -0.05) is 54.1 Å². The summed E-state index contributed by atoms with van der Waals surface area (Å²) in [4.78, 5) is 20.0. The third kappa shape index (κ3) is 4.96. The summed E-state index contributed by atoms with van der Waals surface area (Å²) >= 11 is 5.96. The second-order valence-electron chi connectivity index (χ2n) is 8.95. The number of piperidine rings is 1. The molecular formula is C25H33ClN4O. The zero-order chi connectivity index (χ0) is 21.8. The maximum Gasteiger partial charge on any atom is 0.239 e. The molecule has 166 valence electrons. The lowest BCUT2D eigenvalue weighted by Crippen LogP contribution is -2.60. The predicted molar refractivity (Wildman–Crippen MR) is 126 cm³/mol. The SMILES string of the molecule is CN1CCC(c2ccccc2)(N2CCN(C(=O)[C@H](N)Cc3ccc(Cl)cc3)CC2)CC1. The summed E-state index contributed by atoms with van der Waals surface area (Å²) in [6.07, 6.45) is 2.78. The van der Waals surface area contributed by atoms with Crippen LogP contribution in [0, 0.1) is 0 Å². The van der Waals surface area contributed by atoms with Crippen molar-refractivity contribution in [2.75, 3.05) is 46.3 Å². The van der Waals surface area contributed by atoms with E-state index in [1.165, 1.54) is 5.56 Å². The van der Waals surface area contributed by atoms with Crippen molar-refractivity contribution in [2.45, 2.75) is 30.8 Å². The van der Waals surface area contributed by atoms with Crippen LogP contribution in [0.3, 0.4) is 0 Å². The number of rotatable bonds is 5. The van der Waals surface area contributed by atoms with Gasteiger partial charge in [0.15, 0.2) is 0 Å². The highest BCUT2D eigenvalue weighted by molar-refractivity contribution is 6.30. The maximum absolute atomic E-state index is 13.0. The summed E-state index contributed by atoms with van der Waals surface area (Å²) in [5, 5.41) is 0.695. The topological polar surface area (TPSA) is 52.8 Å². The summed E-state index contributed by atoms with van der Waals surface area (Å²) in [7, 11) is 2.20. The smallest absolute Gasteiger partial charge is 0.239 e. The van der Waals surface area contributed by atoms with Gasteiger partial charge >= 0.3 is 0 Å². The minimum atomic E-state index is -0.515. The number of piperazine rings is 1. The van der Waals surface area contributed by atoms with Crippen LogP contribution in [-0.4, -0.2) is 73.0 Å². The molecule has 5 nitrogen and oxygen atoms in total. The van der Waals surface area contributed by atoms with Crippen LogP contribution in [-0.2, 0) is 16.8 Å². The summed E-state index contributed by atoms with van der Waals surface area (Å²) < 4.78 is 0. The number of carbonyl (C=O) groups is 1. The summed E-state index contributed by atoms with van der Waals surface area (Å²) in [6.45, 7) is 5.44. The quantitative estimate of drug-likeness (QED) is 0.776. The van der Waals surface area contributed by atoms with E-state index in [-0.39, 0.29) is 11.4 Å². The monoisotopic (exact) mass is 440 g/mol. The van der Waals surface area contributed by atoms with Gasteiger partial charge in [0, 0.05) is 36.7 Å². The van der Waals surface area contributed by atoms with Crippen molar-refractivity contribution in [3.05, 3.63) is 70.7 Å². The molecule has 0 radical (unpaired) electrons. The molecule has 0 unspecified atom stereocenters. The van der Waals surface area contributed by atoms with Crippen molar-refractivity contribution in [3.8, 4) is 0 Å². The average molecular weight is 441 g/mol. The van der Waals surface area contributed by atoms with E-state index in [0.29, 0.717) is 11.4 Å². The molecule has 31 heavy (non-hydrogen) atoms. The number of amides is 1. The van der Waals surface area contributed by atoms with Gasteiger partial charge in [-0.25, -0.2) is 0 Å². The van der Waals surface area contributed by atoms with Gasteiger partial charge in [-0.05, 0) is 62.7 Å². The Kier molecular flexibility index (Phi) is 6.97. The first-order valence-corrected chi connectivity index (χ1v) is 11.6. The molecule has 2 heterocycles. The standard InChI is InChI=1S/C25H33ClN4O/c1-28-13-11-25(12-14-28,21-5-3-2-4-6-21)30-17-15-29(16-18-30)24(31)23(27)19-20-7-9-22(26)10-8-20/h2-10,23H,11-19,27H2,1H3/t23-/m1/s1. The van der Waals surface area contributed by atoms with Crippen LogP contribution in [0.5, 0.6) is 0 Å². The van der Waals surface area contributed by atoms with Gasteiger partial charge in [0.05, 0.1) is 6.04 Å². The lowest BCUT2D eigenvalue weighted by molar-refractivity contribution is -0.136. The second-order valence-corrected chi connectivity index (χ2v) is 9.39. The molecule has 2 aliphatic heterocycles. The van der Waals surface area contributed by atoms with Crippen molar-refractivity contribution < 1.29 is 4.79 Å². The van der Waals surface area contributed by atoms with Crippen molar-refractivity contribution in [2.24, 2.45) is 5.73 Å². The Morgan fingerprint density at radius 2 is 1.58 bits per heavy atom. The van der Waals surface area contributed by atoms with Crippen LogP contribution in [0.25, 0.3) is 0 Å². The molecule has 0 bridgehead atoms. The second kappa shape index (κ2) is 9.70. The molecular weight excluding hydrogens is 408 g/mol. The molecule has 0 aromatic heterocycles. The first-order chi connectivity index (χ1) is 15.0. The van der Waals surface area contributed by atoms with Crippen molar-refractivity contribution >= 4 is 17.5 Å². The van der Waals surface area contributed by atoms with Crippen molar-refractivity contribution in [3.63, 3.8) is 0 Å². The fourth-order valence-corrected chi connectivity index (χ4v) is 5.20. The molecule has 2 N–H and O–H groups in total. The van der Waals surface area contributed by atoms with E-state index < -0.39 is 6.04 Å². The van der Waals surface area contributed by atoms with Gasteiger partial charge in [-0.2, -0.15) is 0 Å². The first-order valence-electron chi connectivity index (χ1n) is 11.3. The molecule has 2 aromatic rings. The Bertz CT molecular complexity index is 857. The number of likely N-dealkylation sites (tertiary alicyclic amines) is 1. The largest absolute Gasteiger partial charge is 0.339 e. The van der Waals surface area contributed by atoms with Crippen LogP contribution >= 0.6 is 11.6 Å². The van der Waals surface area contributed by atoms with E-state index in [9.17, 15) is 4.79 Å². The summed E-state index contributed by atoms with van der Waals surface area (Å²) in [6, 6.07) is 18.0. The number of hydrogen-bond donors (Lipinski definition) is 1. The average Bonchev–Trinajstić information content (AvgIpc) is 2.81. The first kappa shape index (κ1) is 22.3. The lowest BCUT2D eigenvalue weighted by Gasteiger charge is -2.51. The Morgan fingerprint density at radius 1 is 0.968 bits per heavy atom. The van der Waals surface area contributed by atoms with Crippen LogP contribution in [0.4, 0.5) is 0 Å². The summed E-state index contributed by atoms with van der Waals surface area (Å²) in [5.41, 5.74) is 8.79. The molecule has 0 saturated carbocycles. The van der Waals surface area contributed by atoms with E-state index in [1.807, 2.05) is 29.2 Å². The van der Waals surface area contributed by atoms with E-state index >= 15 is 0 Å². The molecule has 2 saturated heterocycles. The number of carbonyl (C=O) groups excluding carboxylic acids is 1. The molecule has 0 spiro atoms. The predicted octanol–water partition coefficient (Wildman–Crippen LogP) is 2.98. The maximum atomic E-state index is 13.0. The third-order valence-electron chi connectivity index (χ3n) is 7.01. The fraction of sp³-hybridized carbons (Fsp3) is 0.480. The number of benzene rings is 2. The highest BCUT2D eigenvalue weighted by Gasteiger charge is 2.42. The minimum absolute atomic E-state index is 0.0479. The molecule has 2 fully saturated rings. The Labute approximate surface area is 190 Å². The van der Waals surface area contributed by atoms with Gasteiger partial charge < -0.3 is 15.5 Å². The van der Waals surface area contributed by atoms with Gasteiger partial charge in [-0.15, -0.1) is 0 Å². The van der Waals surface area contributed by atoms with Crippen LogP contribution in [0.15, 0.2) is 54.6 Å². The number of nitrogens with two attached hydrogens (primary N) is 1. The fourth-order valence-electron chi connectivity index (χ4n) is 5.08. The van der Waals surface area contributed by atoms with E-state index in [2.05, 4.69) is 47.2 Å². The van der Waals surface area contributed by atoms with Gasteiger partial charge in [0.2, 0.25) is 5.91 Å². The van der Waals surface area contributed by atoms with Crippen LogP contribution < -0.4 is 5.73 Å². The normalized spacial score (nSPS) is 21.1. The van der Waals surface area contributed by atoms with Crippen LogP contribution in [0.1, 0.15) is 24.0 Å². The molecule has 2 aromatic carbocycles. The van der Waals surface area contributed by atoms with E-state index in [4.69, 9.17) is 17.3 Å². The number of hydrogen-bond acceptors (Lipinski definition) is 4. The Hall–Kier alpha value is -1.92. The van der Waals surface area contributed by atoms with Crippen molar-refractivity contribution in [1.82, 2.24) is 14.7 Å². The van der Waals surface area contributed by atoms with E-state index in [1.54, 1.807) is 0 Å². The molecule has 1 atom stereocenters. The zero-order valence-corrected chi connectivity index (χ0v) is 19.1. The molecule has 0 aliphatic carbocycles. The molecule has 1 amide bonds. The van der Waals surface area contributed by atoms with Gasteiger partial charge in [-0.3, -0.25) is 9.69 Å². The Morgan fingerprint density at radius 3 is 2.19 bits per heavy atom. The Balaban J connectivity index is 1.40. The third-order valence-corrected chi connectivity index (χ3v) is 7.26. The van der Waals surface area contributed by atoms with E-state index in [0.717, 1.165) is 57.7 Å². The van der Waals surface area contributed by atoms with Gasteiger partial charge in [0.1, 0.15) is 0 Å². The van der Waals surface area contributed by atoms with Gasteiger partial charge in [0.25, 0.3) is 0 Å². The highest BCUT2D eigenvalue weighted by Crippen LogP contribution is 2.39. The lowest BCUT2D eigenvalue weighted by atomic mass is 9.79. The summed E-state index contributed by atoms with van der Waals surface area (Å²) in [5.74, 6) is 0.0479. The van der Waals surface area contributed by atoms with Crippen molar-refractivity contribution in [1.29, 1.82) is 0 Å². The number of nitrogens with zero attached hydrogens (tertiary/aromatic N) is 3. The minimum Gasteiger partial charge on any atom is -0.339 e. The highest BCUT2D eigenvalue weighted by atomic mass is 35.5. The molecule has 6 heteroatoms. The number of halogens is 1.